The summed E-state index contributed by atoms with van der Waals surface area (Å²) in [5.74, 6) is 0.748. The number of aromatic nitrogens is 2. The third kappa shape index (κ3) is 4.96. The second-order valence-electron chi connectivity index (χ2n) is 11.8. The first-order chi connectivity index (χ1) is 19.0. The molecule has 212 valence electrons. The maximum absolute atomic E-state index is 13.9. The zero-order valence-electron chi connectivity index (χ0n) is 23.9. The van der Waals surface area contributed by atoms with Crippen LogP contribution in [0.4, 0.5) is 11.6 Å². The lowest BCUT2D eigenvalue weighted by atomic mass is 9.56. The number of sulfonamides is 1. The van der Waals surface area contributed by atoms with Crippen LogP contribution in [0.1, 0.15) is 75.6 Å². The Balaban J connectivity index is 1.39. The molecule has 9 heteroatoms. The fourth-order valence-electron chi connectivity index (χ4n) is 6.16. The standard InChI is InChI=1S/C31H38N4O4S/c1-20(2)30(3)16-17-31(4,26-15-10-21-8-6-7-9-25(21)27(26)30)28(36)34-22-11-13-24(14-12-22)40(37,38)35-29-32-18-23(39-5)19-33-29/h10-15,18-20H,6-9,16-17H2,1-5H3,(H,34,36)(H,32,33,35). The molecule has 1 amide bonds. The van der Waals surface area contributed by atoms with Gasteiger partial charge in [0.05, 0.1) is 29.8 Å². The maximum atomic E-state index is 13.9. The predicted molar refractivity (Wildman–Crippen MR) is 156 cm³/mol. The topological polar surface area (TPSA) is 110 Å². The van der Waals surface area contributed by atoms with Gasteiger partial charge in [0.25, 0.3) is 10.0 Å². The van der Waals surface area contributed by atoms with Crippen LogP contribution in [0.15, 0.2) is 53.7 Å². The van der Waals surface area contributed by atoms with E-state index in [1.165, 1.54) is 61.2 Å². The van der Waals surface area contributed by atoms with E-state index >= 15 is 0 Å². The van der Waals surface area contributed by atoms with Gasteiger partial charge in [-0.3, -0.25) is 4.79 Å². The summed E-state index contributed by atoms with van der Waals surface area (Å²) in [6, 6.07) is 10.6. The number of hydrogen-bond acceptors (Lipinski definition) is 6. The molecule has 3 aromatic rings. The second-order valence-corrected chi connectivity index (χ2v) is 13.5. The number of hydrogen-bond donors (Lipinski definition) is 2. The lowest BCUT2D eigenvalue weighted by Gasteiger charge is -2.48. The van der Waals surface area contributed by atoms with Gasteiger partial charge in [-0.2, -0.15) is 0 Å². The van der Waals surface area contributed by atoms with Gasteiger partial charge in [-0.25, -0.2) is 23.1 Å². The third-order valence-corrected chi connectivity index (χ3v) is 10.5. The molecule has 0 spiro atoms. The summed E-state index contributed by atoms with van der Waals surface area (Å²) in [4.78, 5) is 21.9. The number of ether oxygens (including phenoxy) is 1. The largest absolute Gasteiger partial charge is 0.494 e. The molecular formula is C31H38N4O4S. The summed E-state index contributed by atoms with van der Waals surface area (Å²) < 4.78 is 33.1. The molecule has 0 fully saturated rings. The summed E-state index contributed by atoms with van der Waals surface area (Å²) >= 11 is 0. The highest BCUT2D eigenvalue weighted by molar-refractivity contribution is 7.92. The smallest absolute Gasteiger partial charge is 0.264 e. The fourth-order valence-corrected chi connectivity index (χ4v) is 7.12. The Bertz CT molecular complexity index is 1520. The predicted octanol–water partition coefficient (Wildman–Crippen LogP) is 5.77. The van der Waals surface area contributed by atoms with E-state index in [1.54, 1.807) is 12.1 Å². The number of nitrogens with one attached hydrogen (secondary N) is 2. The summed E-state index contributed by atoms with van der Waals surface area (Å²) in [5.41, 5.74) is 5.30. The van der Waals surface area contributed by atoms with Crippen molar-refractivity contribution in [2.75, 3.05) is 17.1 Å². The molecule has 0 bridgehead atoms. The molecule has 1 heterocycles. The van der Waals surface area contributed by atoms with Crippen LogP contribution in [0.2, 0.25) is 0 Å². The average Bonchev–Trinajstić information content (AvgIpc) is 2.95. The van der Waals surface area contributed by atoms with Crippen LogP contribution in [0, 0.1) is 5.92 Å². The monoisotopic (exact) mass is 562 g/mol. The highest BCUT2D eigenvalue weighted by Gasteiger charge is 2.48. The van der Waals surface area contributed by atoms with Crippen molar-refractivity contribution >= 4 is 27.6 Å². The quantitative estimate of drug-likeness (QED) is 0.378. The molecule has 2 N–H and O–H groups in total. The van der Waals surface area contributed by atoms with Crippen molar-refractivity contribution < 1.29 is 17.9 Å². The summed E-state index contributed by atoms with van der Waals surface area (Å²) in [6.45, 7) is 9.00. The first kappa shape index (κ1) is 28.1. The Morgan fingerprint density at radius 1 is 0.975 bits per heavy atom. The third-order valence-electron chi connectivity index (χ3n) is 9.13. The Hall–Kier alpha value is -3.46. The Morgan fingerprint density at radius 3 is 2.30 bits per heavy atom. The molecule has 0 radical (unpaired) electrons. The van der Waals surface area contributed by atoms with Crippen molar-refractivity contribution in [3.05, 3.63) is 71.0 Å². The number of anilines is 2. The van der Waals surface area contributed by atoms with Crippen molar-refractivity contribution in [1.82, 2.24) is 9.97 Å². The molecule has 0 aliphatic heterocycles. The van der Waals surface area contributed by atoms with Gasteiger partial charge in [0.15, 0.2) is 5.75 Å². The molecule has 0 saturated carbocycles. The van der Waals surface area contributed by atoms with E-state index in [9.17, 15) is 13.2 Å². The minimum Gasteiger partial charge on any atom is -0.494 e. The van der Waals surface area contributed by atoms with Crippen molar-refractivity contribution in [3.8, 4) is 5.75 Å². The summed E-state index contributed by atoms with van der Waals surface area (Å²) in [5, 5.41) is 3.08. The van der Waals surface area contributed by atoms with Crippen LogP contribution in [-0.4, -0.2) is 31.4 Å². The van der Waals surface area contributed by atoms with E-state index < -0.39 is 15.4 Å². The molecule has 40 heavy (non-hydrogen) atoms. The van der Waals surface area contributed by atoms with E-state index in [4.69, 9.17) is 4.74 Å². The summed E-state index contributed by atoms with van der Waals surface area (Å²) in [6.07, 6.45) is 9.04. The number of methoxy groups -OCH3 is 1. The molecular weight excluding hydrogens is 524 g/mol. The molecule has 0 saturated heterocycles. The van der Waals surface area contributed by atoms with Gasteiger partial charge >= 0.3 is 0 Å². The molecule has 2 aliphatic carbocycles. The van der Waals surface area contributed by atoms with Gasteiger partial charge in [0.2, 0.25) is 11.9 Å². The zero-order chi connectivity index (χ0) is 28.7. The maximum Gasteiger partial charge on any atom is 0.264 e. The van der Waals surface area contributed by atoms with E-state index in [-0.39, 0.29) is 22.2 Å². The van der Waals surface area contributed by atoms with Gasteiger partial charge in [-0.1, -0.05) is 32.9 Å². The van der Waals surface area contributed by atoms with Gasteiger partial charge < -0.3 is 10.1 Å². The number of benzene rings is 2. The number of carbonyl (C=O) groups is 1. The molecule has 8 nitrogen and oxygen atoms in total. The molecule has 5 rings (SSSR count). The first-order valence-corrected chi connectivity index (χ1v) is 15.4. The fraction of sp³-hybridized carbons (Fsp3) is 0.452. The Kier molecular flexibility index (Phi) is 7.37. The molecule has 2 aliphatic rings. The van der Waals surface area contributed by atoms with E-state index in [0.29, 0.717) is 17.4 Å². The van der Waals surface area contributed by atoms with Crippen LogP contribution in [0.25, 0.3) is 0 Å². The lowest BCUT2D eigenvalue weighted by Crippen LogP contribution is -2.47. The molecule has 2 atom stereocenters. The van der Waals surface area contributed by atoms with Crippen molar-refractivity contribution in [2.45, 2.75) is 81.9 Å². The first-order valence-electron chi connectivity index (χ1n) is 13.9. The SMILES string of the molecule is COc1cnc(NS(=O)(=O)c2ccc(NC(=O)C3(C)CCC(C)(C(C)C)c4c3ccc3c4CCCC3)cc2)nc1. The molecule has 1 aromatic heterocycles. The highest BCUT2D eigenvalue weighted by atomic mass is 32.2. The number of carbonyl (C=O) groups excluding carboxylic acids is 1. The number of nitrogens with zero attached hydrogens (tertiary/aromatic N) is 2. The number of amides is 1. The van der Waals surface area contributed by atoms with E-state index in [2.05, 4.69) is 52.9 Å². The van der Waals surface area contributed by atoms with Gasteiger partial charge in [0.1, 0.15) is 0 Å². The highest BCUT2D eigenvalue weighted by Crippen LogP contribution is 2.52. The van der Waals surface area contributed by atoms with Crippen molar-refractivity contribution in [2.24, 2.45) is 5.92 Å². The molecule has 2 unspecified atom stereocenters. The van der Waals surface area contributed by atoms with Crippen LogP contribution in [0.3, 0.4) is 0 Å². The minimum absolute atomic E-state index is 0.0222. The van der Waals surface area contributed by atoms with Crippen molar-refractivity contribution in [3.63, 3.8) is 0 Å². The van der Waals surface area contributed by atoms with Gasteiger partial charge in [-0.15, -0.1) is 0 Å². The number of aryl methyl sites for hydroxylation is 1. The van der Waals surface area contributed by atoms with E-state index in [1.807, 2.05) is 6.92 Å². The Morgan fingerprint density at radius 2 is 1.65 bits per heavy atom. The Labute approximate surface area is 237 Å². The van der Waals surface area contributed by atoms with Gasteiger partial charge in [-0.05, 0) is 103 Å². The van der Waals surface area contributed by atoms with Crippen LogP contribution >= 0.6 is 0 Å². The van der Waals surface area contributed by atoms with Crippen LogP contribution in [-0.2, 0) is 38.5 Å². The van der Waals surface area contributed by atoms with Crippen LogP contribution < -0.4 is 14.8 Å². The molecule has 2 aromatic carbocycles. The lowest BCUT2D eigenvalue weighted by molar-refractivity contribution is -0.121. The second kappa shape index (κ2) is 10.5. The van der Waals surface area contributed by atoms with Crippen molar-refractivity contribution in [1.29, 1.82) is 0 Å². The number of fused-ring (bicyclic) bond motifs is 3. The van der Waals surface area contributed by atoms with Crippen LogP contribution in [0.5, 0.6) is 5.75 Å². The summed E-state index contributed by atoms with van der Waals surface area (Å²) in [7, 11) is -2.43. The van der Waals surface area contributed by atoms with E-state index in [0.717, 1.165) is 31.2 Å². The number of rotatable bonds is 7. The van der Waals surface area contributed by atoms with Gasteiger partial charge in [0, 0.05) is 5.69 Å². The average molecular weight is 563 g/mol. The zero-order valence-corrected chi connectivity index (χ0v) is 24.7. The minimum atomic E-state index is -3.91. The normalized spacial score (nSPS) is 22.2.